The number of carbonyl (C=O) groups is 1. The summed E-state index contributed by atoms with van der Waals surface area (Å²) in [4.78, 5) is 10.9. The first-order valence-electron chi connectivity index (χ1n) is 4.69. The molecule has 0 spiro atoms. The Bertz CT molecular complexity index is 470. The van der Waals surface area contributed by atoms with Crippen LogP contribution in [0.4, 0.5) is 13.2 Å². The zero-order valence-electron chi connectivity index (χ0n) is 8.43. The van der Waals surface area contributed by atoms with Crippen LogP contribution in [0.2, 0.25) is 0 Å². The quantitative estimate of drug-likeness (QED) is 0.847. The molecule has 0 amide bonds. The fraction of sp³-hybridized carbons (Fsp3) is 0.364. The third-order valence-electron chi connectivity index (χ3n) is 3.02. The maximum absolute atomic E-state index is 13.2. The Morgan fingerprint density at radius 2 is 2.00 bits per heavy atom. The number of hydrogen-bond acceptors (Lipinski definition) is 1. The fourth-order valence-corrected chi connectivity index (χ4v) is 1.82. The lowest BCUT2D eigenvalue weighted by molar-refractivity contribution is -0.142. The van der Waals surface area contributed by atoms with Crippen molar-refractivity contribution in [1.29, 1.82) is 0 Å². The Hall–Kier alpha value is -1.52. The highest BCUT2D eigenvalue weighted by Gasteiger charge is 2.77. The molecule has 0 saturated heterocycles. The van der Waals surface area contributed by atoms with E-state index in [1.165, 1.54) is 19.1 Å². The molecule has 1 aliphatic rings. The summed E-state index contributed by atoms with van der Waals surface area (Å²) in [5.41, 5.74) is -2.11. The van der Waals surface area contributed by atoms with Gasteiger partial charge in [0.15, 0.2) is 5.41 Å². The lowest BCUT2D eigenvalue weighted by Gasteiger charge is -2.12. The third kappa shape index (κ3) is 1.24. The van der Waals surface area contributed by atoms with E-state index in [1.54, 1.807) is 0 Å². The van der Waals surface area contributed by atoms with Gasteiger partial charge in [0.1, 0.15) is 5.82 Å². The first kappa shape index (κ1) is 11.0. The van der Waals surface area contributed by atoms with Gasteiger partial charge in [0.05, 0.1) is 0 Å². The monoisotopic (exact) mass is 230 g/mol. The van der Waals surface area contributed by atoms with Gasteiger partial charge in [-0.25, -0.2) is 13.2 Å². The molecular formula is C11H9F3O2. The van der Waals surface area contributed by atoms with E-state index in [9.17, 15) is 18.0 Å². The van der Waals surface area contributed by atoms with E-state index < -0.39 is 29.5 Å². The molecule has 1 aromatic carbocycles. The van der Waals surface area contributed by atoms with Crippen molar-refractivity contribution in [2.24, 2.45) is 0 Å². The number of hydrogen-bond donors (Lipinski definition) is 1. The van der Waals surface area contributed by atoms with Gasteiger partial charge >= 0.3 is 5.97 Å². The average molecular weight is 230 g/mol. The standard InChI is InChI=1S/C11H9F3O2/c1-6-2-3-7(4-8(6)12)10(9(15)16)5-11(10,13)14/h2-4H,5H2,1H3,(H,15,16). The van der Waals surface area contributed by atoms with Crippen molar-refractivity contribution in [3.8, 4) is 0 Å². The van der Waals surface area contributed by atoms with E-state index in [0.29, 0.717) is 5.56 Å². The third-order valence-corrected chi connectivity index (χ3v) is 3.02. The number of benzene rings is 1. The summed E-state index contributed by atoms with van der Waals surface area (Å²) in [5, 5.41) is 8.85. The molecule has 1 unspecified atom stereocenters. The highest BCUT2D eigenvalue weighted by molar-refractivity contribution is 5.87. The zero-order valence-corrected chi connectivity index (χ0v) is 8.43. The topological polar surface area (TPSA) is 37.3 Å². The first-order chi connectivity index (χ1) is 7.31. The van der Waals surface area contributed by atoms with Gasteiger partial charge in [-0.05, 0) is 24.1 Å². The van der Waals surface area contributed by atoms with Crippen LogP contribution in [-0.4, -0.2) is 17.0 Å². The zero-order chi connectivity index (χ0) is 12.1. The second-order valence-electron chi connectivity index (χ2n) is 4.06. The first-order valence-corrected chi connectivity index (χ1v) is 4.69. The van der Waals surface area contributed by atoms with Crippen LogP contribution in [0, 0.1) is 12.7 Å². The van der Waals surface area contributed by atoms with Gasteiger partial charge in [-0.2, -0.15) is 0 Å². The van der Waals surface area contributed by atoms with E-state index in [1.807, 2.05) is 0 Å². The summed E-state index contributed by atoms with van der Waals surface area (Å²) in [6.07, 6.45) is -0.766. The van der Waals surface area contributed by atoms with Gasteiger partial charge in [0.25, 0.3) is 5.92 Å². The van der Waals surface area contributed by atoms with Crippen molar-refractivity contribution < 1.29 is 23.1 Å². The number of carboxylic acid groups (broad SMARTS) is 1. The molecule has 2 rings (SSSR count). The van der Waals surface area contributed by atoms with E-state index >= 15 is 0 Å². The Kier molecular flexibility index (Phi) is 2.05. The molecule has 1 fully saturated rings. The molecule has 1 atom stereocenters. The van der Waals surface area contributed by atoms with Gasteiger partial charge in [-0.15, -0.1) is 0 Å². The minimum atomic E-state index is -3.29. The minimum Gasteiger partial charge on any atom is -0.480 e. The molecule has 1 aromatic rings. The number of rotatable bonds is 2. The Labute approximate surface area is 89.7 Å². The van der Waals surface area contributed by atoms with Crippen LogP contribution in [-0.2, 0) is 10.2 Å². The van der Waals surface area contributed by atoms with Crippen LogP contribution in [0.3, 0.4) is 0 Å². The number of alkyl halides is 2. The van der Waals surface area contributed by atoms with E-state index in [0.717, 1.165) is 6.07 Å². The highest BCUT2D eigenvalue weighted by atomic mass is 19.3. The second kappa shape index (κ2) is 2.99. The van der Waals surface area contributed by atoms with Crippen LogP contribution in [0.25, 0.3) is 0 Å². The molecule has 1 saturated carbocycles. The Morgan fingerprint density at radius 3 is 2.38 bits per heavy atom. The second-order valence-corrected chi connectivity index (χ2v) is 4.06. The van der Waals surface area contributed by atoms with Crippen molar-refractivity contribution in [2.75, 3.05) is 0 Å². The van der Waals surface area contributed by atoms with Crippen LogP contribution >= 0.6 is 0 Å². The van der Waals surface area contributed by atoms with Gasteiger partial charge in [-0.1, -0.05) is 12.1 Å². The number of aryl methyl sites for hydroxylation is 1. The molecule has 1 aliphatic carbocycles. The van der Waals surface area contributed by atoms with Crippen LogP contribution in [0.15, 0.2) is 18.2 Å². The fourth-order valence-electron chi connectivity index (χ4n) is 1.82. The molecule has 0 bridgehead atoms. The normalized spacial score (nSPS) is 26.5. The summed E-state index contributed by atoms with van der Waals surface area (Å²) >= 11 is 0. The van der Waals surface area contributed by atoms with E-state index in [2.05, 4.69) is 0 Å². The smallest absolute Gasteiger partial charge is 0.320 e. The number of halogens is 3. The Balaban J connectivity index is 2.51. The summed E-state index contributed by atoms with van der Waals surface area (Å²) in [6.45, 7) is 1.48. The van der Waals surface area contributed by atoms with Crippen LogP contribution < -0.4 is 0 Å². The molecule has 0 heterocycles. The SMILES string of the molecule is Cc1ccc(C2(C(=O)O)CC2(F)F)cc1F. The molecule has 5 heteroatoms. The average Bonchev–Trinajstić information content (AvgIpc) is 2.75. The molecule has 1 N–H and O–H groups in total. The molecule has 0 radical (unpaired) electrons. The van der Waals surface area contributed by atoms with Crippen molar-refractivity contribution in [3.63, 3.8) is 0 Å². The van der Waals surface area contributed by atoms with Gasteiger partial charge in [-0.3, -0.25) is 4.79 Å². The van der Waals surface area contributed by atoms with E-state index in [4.69, 9.17) is 5.11 Å². The van der Waals surface area contributed by atoms with Gasteiger partial charge in [0, 0.05) is 6.42 Å². The van der Waals surface area contributed by atoms with Crippen molar-refractivity contribution in [1.82, 2.24) is 0 Å². The number of aliphatic carboxylic acids is 1. The van der Waals surface area contributed by atoms with Gasteiger partial charge in [0.2, 0.25) is 0 Å². The predicted molar refractivity (Wildman–Crippen MR) is 50.0 cm³/mol. The highest BCUT2D eigenvalue weighted by Crippen LogP contribution is 2.61. The molecular weight excluding hydrogens is 221 g/mol. The summed E-state index contributed by atoms with van der Waals surface area (Å²) in [5.74, 6) is -5.57. The van der Waals surface area contributed by atoms with Crippen LogP contribution in [0.1, 0.15) is 17.5 Å². The summed E-state index contributed by atoms with van der Waals surface area (Å²) in [6, 6.07) is 3.43. The van der Waals surface area contributed by atoms with Gasteiger partial charge < -0.3 is 5.11 Å². The maximum Gasteiger partial charge on any atom is 0.320 e. The minimum absolute atomic E-state index is 0.173. The molecule has 86 valence electrons. The van der Waals surface area contributed by atoms with E-state index in [-0.39, 0.29) is 5.56 Å². The molecule has 0 aromatic heterocycles. The van der Waals surface area contributed by atoms with Crippen molar-refractivity contribution >= 4 is 5.97 Å². The maximum atomic E-state index is 13.2. The lowest BCUT2D eigenvalue weighted by atomic mass is 9.94. The van der Waals surface area contributed by atoms with Crippen LogP contribution in [0.5, 0.6) is 0 Å². The number of carboxylic acids is 1. The molecule has 2 nitrogen and oxygen atoms in total. The lowest BCUT2D eigenvalue weighted by Crippen LogP contribution is -2.27. The molecule has 0 aliphatic heterocycles. The summed E-state index contributed by atoms with van der Waals surface area (Å²) < 4.78 is 39.4. The summed E-state index contributed by atoms with van der Waals surface area (Å²) in [7, 11) is 0. The van der Waals surface area contributed by atoms with Crippen molar-refractivity contribution in [2.45, 2.75) is 24.7 Å². The molecule has 16 heavy (non-hydrogen) atoms. The predicted octanol–water partition coefficient (Wildman–Crippen LogP) is 2.50. The largest absolute Gasteiger partial charge is 0.480 e. The Morgan fingerprint density at radius 1 is 1.44 bits per heavy atom. The van der Waals surface area contributed by atoms with Crippen molar-refractivity contribution in [3.05, 3.63) is 35.1 Å².